The third-order valence-corrected chi connectivity index (χ3v) is 7.09. The number of hydrogen-bond donors (Lipinski definition) is 3. The number of benzene rings is 2. The standard InChI is InChI=1S/C28H35FN4O6/c1-30-27(36)28(37,9-3-13-34)33-19-23-22(26(33)35)5-2-6-25(23)31-18-20-17-21(7-8-24(20)29)39-14-4-10-32-11-15-38-16-12-32/h2,5-8,13,17,31,37H,3-4,9-12,14-16,18-19H2,1H3,(H,30,36). The number of carbonyl (C=O) groups is 3. The molecule has 0 aromatic heterocycles. The minimum absolute atomic E-state index is 0.0467. The van der Waals surface area contributed by atoms with Gasteiger partial charge in [0.2, 0.25) is 5.72 Å². The van der Waals surface area contributed by atoms with Crippen molar-refractivity contribution >= 4 is 23.8 Å². The second-order valence-electron chi connectivity index (χ2n) is 9.59. The minimum atomic E-state index is -2.18. The maximum absolute atomic E-state index is 14.6. The highest BCUT2D eigenvalue weighted by Crippen LogP contribution is 2.35. The number of anilines is 1. The van der Waals surface area contributed by atoms with E-state index in [0.29, 0.717) is 41.0 Å². The first-order chi connectivity index (χ1) is 18.9. The van der Waals surface area contributed by atoms with Gasteiger partial charge in [0.15, 0.2) is 0 Å². The van der Waals surface area contributed by atoms with Gasteiger partial charge in [-0.25, -0.2) is 4.39 Å². The molecule has 1 unspecified atom stereocenters. The number of morpholine rings is 1. The van der Waals surface area contributed by atoms with Crippen LogP contribution in [0.3, 0.4) is 0 Å². The van der Waals surface area contributed by atoms with Crippen molar-refractivity contribution < 1.29 is 33.4 Å². The maximum Gasteiger partial charge on any atom is 0.273 e. The summed E-state index contributed by atoms with van der Waals surface area (Å²) >= 11 is 0. The molecule has 2 aliphatic heterocycles. The molecule has 1 atom stereocenters. The quantitative estimate of drug-likeness (QED) is 0.259. The molecule has 210 valence electrons. The predicted octanol–water partition coefficient (Wildman–Crippen LogP) is 1.91. The highest BCUT2D eigenvalue weighted by Gasteiger charge is 2.48. The Morgan fingerprint density at radius 1 is 1.26 bits per heavy atom. The van der Waals surface area contributed by atoms with E-state index in [1.165, 1.54) is 13.1 Å². The Bertz CT molecular complexity index is 1190. The van der Waals surface area contributed by atoms with Crippen molar-refractivity contribution in [2.45, 2.75) is 38.1 Å². The molecule has 0 spiro atoms. The van der Waals surface area contributed by atoms with Gasteiger partial charge in [0.1, 0.15) is 17.9 Å². The van der Waals surface area contributed by atoms with E-state index in [9.17, 15) is 23.9 Å². The second-order valence-corrected chi connectivity index (χ2v) is 9.59. The third-order valence-electron chi connectivity index (χ3n) is 7.09. The first-order valence-corrected chi connectivity index (χ1v) is 13.1. The SMILES string of the molecule is CNC(=O)C(O)(CCC=O)N1Cc2c(NCc3cc(OCCCN4CCOCC4)ccc3F)cccc2C1=O. The number of carbonyl (C=O) groups excluding carboxylic acids is 3. The Hall–Kier alpha value is -3.54. The molecule has 2 amide bonds. The molecule has 0 aliphatic carbocycles. The van der Waals surface area contributed by atoms with Crippen molar-refractivity contribution in [2.24, 2.45) is 0 Å². The molecule has 10 nitrogen and oxygen atoms in total. The number of aldehydes is 1. The molecule has 11 heteroatoms. The summed E-state index contributed by atoms with van der Waals surface area (Å²) in [6.07, 6.45) is 1.11. The molecule has 2 aromatic rings. The number of rotatable bonds is 13. The van der Waals surface area contributed by atoms with Gasteiger partial charge in [-0.05, 0) is 36.8 Å². The monoisotopic (exact) mass is 542 g/mol. The third kappa shape index (κ3) is 6.55. The van der Waals surface area contributed by atoms with Gasteiger partial charge in [0.05, 0.1) is 26.4 Å². The molecule has 0 saturated carbocycles. The van der Waals surface area contributed by atoms with Crippen LogP contribution in [0.25, 0.3) is 0 Å². The first-order valence-electron chi connectivity index (χ1n) is 13.1. The van der Waals surface area contributed by atoms with Gasteiger partial charge in [-0.15, -0.1) is 0 Å². The smallest absolute Gasteiger partial charge is 0.273 e. The van der Waals surface area contributed by atoms with E-state index in [2.05, 4.69) is 15.5 Å². The van der Waals surface area contributed by atoms with E-state index >= 15 is 0 Å². The Morgan fingerprint density at radius 2 is 2.05 bits per heavy atom. The lowest BCUT2D eigenvalue weighted by molar-refractivity contribution is -0.159. The normalized spacial score (nSPS) is 16.9. The number of fused-ring (bicyclic) bond motifs is 1. The molecule has 0 bridgehead atoms. The largest absolute Gasteiger partial charge is 0.494 e. The molecular formula is C28H35FN4O6. The second kappa shape index (κ2) is 13.0. The first kappa shape index (κ1) is 28.5. The molecule has 2 aromatic carbocycles. The van der Waals surface area contributed by atoms with E-state index < -0.39 is 23.4 Å². The van der Waals surface area contributed by atoms with Gasteiger partial charge in [-0.2, -0.15) is 0 Å². The minimum Gasteiger partial charge on any atom is -0.494 e. The zero-order valence-corrected chi connectivity index (χ0v) is 22.1. The molecule has 2 heterocycles. The highest BCUT2D eigenvalue weighted by molar-refractivity contribution is 6.03. The van der Waals surface area contributed by atoms with Gasteiger partial charge in [-0.3, -0.25) is 19.4 Å². The van der Waals surface area contributed by atoms with E-state index in [0.717, 1.165) is 44.2 Å². The summed E-state index contributed by atoms with van der Waals surface area (Å²) in [5.74, 6) is -1.12. The van der Waals surface area contributed by atoms with Gasteiger partial charge in [-0.1, -0.05) is 6.07 Å². The van der Waals surface area contributed by atoms with E-state index in [1.807, 2.05) is 0 Å². The van der Waals surface area contributed by atoms with Crippen molar-refractivity contribution in [1.29, 1.82) is 0 Å². The van der Waals surface area contributed by atoms with Crippen molar-refractivity contribution in [3.63, 3.8) is 0 Å². The van der Waals surface area contributed by atoms with Crippen LogP contribution in [-0.4, -0.2) is 85.2 Å². The van der Waals surface area contributed by atoms with Crippen molar-refractivity contribution in [2.75, 3.05) is 51.8 Å². The van der Waals surface area contributed by atoms with Crippen molar-refractivity contribution in [3.05, 3.63) is 58.9 Å². The summed E-state index contributed by atoms with van der Waals surface area (Å²) < 4.78 is 25.8. The van der Waals surface area contributed by atoms with Crippen LogP contribution >= 0.6 is 0 Å². The summed E-state index contributed by atoms with van der Waals surface area (Å²) in [6, 6.07) is 9.66. The summed E-state index contributed by atoms with van der Waals surface area (Å²) in [6.45, 7) is 4.85. The Morgan fingerprint density at radius 3 is 2.79 bits per heavy atom. The fourth-order valence-electron chi connectivity index (χ4n) is 4.90. The van der Waals surface area contributed by atoms with Crippen LogP contribution in [0.2, 0.25) is 0 Å². The Labute approximate surface area is 227 Å². The predicted molar refractivity (Wildman–Crippen MR) is 142 cm³/mol. The number of halogens is 1. The molecule has 1 fully saturated rings. The number of aliphatic hydroxyl groups is 1. The Balaban J connectivity index is 1.41. The summed E-state index contributed by atoms with van der Waals surface area (Å²) in [4.78, 5) is 40.0. The average Bonchev–Trinajstić information content (AvgIpc) is 3.31. The lowest BCUT2D eigenvalue weighted by atomic mass is 10.0. The fourth-order valence-corrected chi connectivity index (χ4v) is 4.90. The van der Waals surface area contributed by atoms with Crippen LogP contribution in [0.1, 0.15) is 40.7 Å². The van der Waals surface area contributed by atoms with Gasteiger partial charge >= 0.3 is 0 Å². The number of likely N-dealkylation sites (N-methyl/N-ethyl adjacent to an activating group) is 1. The number of amides is 2. The zero-order valence-electron chi connectivity index (χ0n) is 22.1. The van der Waals surface area contributed by atoms with Crippen molar-refractivity contribution in [3.8, 4) is 5.75 Å². The number of hydrogen-bond acceptors (Lipinski definition) is 8. The van der Waals surface area contributed by atoms with Crippen LogP contribution in [0.4, 0.5) is 10.1 Å². The summed E-state index contributed by atoms with van der Waals surface area (Å²) in [5.41, 5.74) is -0.303. The number of nitrogens with one attached hydrogen (secondary N) is 2. The molecule has 39 heavy (non-hydrogen) atoms. The lowest BCUT2D eigenvalue weighted by Crippen LogP contribution is -2.58. The number of nitrogens with zero attached hydrogens (tertiary/aromatic N) is 2. The number of ether oxygens (including phenoxy) is 2. The van der Waals surface area contributed by atoms with Crippen molar-refractivity contribution in [1.82, 2.24) is 15.1 Å². The highest BCUT2D eigenvalue weighted by atomic mass is 19.1. The van der Waals surface area contributed by atoms with E-state index in [4.69, 9.17) is 9.47 Å². The molecule has 0 radical (unpaired) electrons. The topological polar surface area (TPSA) is 120 Å². The van der Waals surface area contributed by atoms with Crippen LogP contribution < -0.4 is 15.4 Å². The van der Waals surface area contributed by atoms with Crippen LogP contribution in [0.5, 0.6) is 5.75 Å². The fraction of sp³-hybridized carbons (Fsp3) is 0.464. The zero-order chi connectivity index (χ0) is 27.8. The molecule has 3 N–H and O–H groups in total. The van der Waals surface area contributed by atoms with E-state index in [1.54, 1.807) is 30.3 Å². The van der Waals surface area contributed by atoms with Gasteiger partial charge < -0.3 is 30.0 Å². The van der Waals surface area contributed by atoms with Crippen LogP contribution in [0, 0.1) is 5.82 Å². The summed E-state index contributed by atoms with van der Waals surface area (Å²) in [5, 5.41) is 16.7. The lowest BCUT2D eigenvalue weighted by Gasteiger charge is -2.35. The van der Waals surface area contributed by atoms with Gasteiger partial charge in [0, 0.05) is 68.4 Å². The molecular weight excluding hydrogens is 507 g/mol. The van der Waals surface area contributed by atoms with E-state index in [-0.39, 0.29) is 25.9 Å². The molecule has 2 aliphatic rings. The Kier molecular flexibility index (Phi) is 9.50. The molecule has 4 rings (SSSR count). The van der Waals surface area contributed by atoms with Crippen LogP contribution in [0.15, 0.2) is 36.4 Å². The maximum atomic E-state index is 14.6. The van der Waals surface area contributed by atoms with Crippen LogP contribution in [-0.2, 0) is 27.4 Å². The summed E-state index contributed by atoms with van der Waals surface area (Å²) in [7, 11) is 1.35. The molecule has 1 saturated heterocycles. The van der Waals surface area contributed by atoms with Gasteiger partial charge in [0.25, 0.3) is 11.8 Å². The average molecular weight is 543 g/mol.